The molecule has 4 aromatic rings. The van der Waals surface area contributed by atoms with E-state index >= 15 is 0 Å². The van der Waals surface area contributed by atoms with Gasteiger partial charge in [-0.3, -0.25) is 9.59 Å². The largest absolute Gasteiger partial charge is 0.383 e. The SMILES string of the molecule is Cc1ccnc(NC(=O)c2ccc(-c3nn(C4CCC(NC(=O)C=CCN(C)C)CC4)c4ncnc(N)c34)cc2)c1. The fourth-order valence-electron chi connectivity index (χ4n) is 5.11. The summed E-state index contributed by atoms with van der Waals surface area (Å²) in [5.74, 6) is 0.553. The highest BCUT2D eigenvalue weighted by Crippen LogP contribution is 2.36. The fraction of sp³-hybridized carbons (Fsp3) is 0.333. The molecule has 0 unspecified atom stereocenters. The minimum atomic E-state index is -0.245. The first-order valence-corrected chi connectivity index (χ1v) is 13.7. The number of anilines is 2. The summed E-state index contributed by atoms with van der Waals surface area (Å²) in [6.07, 6.45) is 9.96. The monoisotopic (exact) mass is 553 g/mol. The third kappa shape index (κ3) is 6.58. The molecular formula is C30H35N9O2. The number of likely N-dealkylation sites (N-methyl/N-ethyl adjacent to an activating group) is 1. The second-order valence-corrected chi connectivity index (χ2v) is 10.7. The molecule has 0 aliphatic heterocycles. The van der Waals surface area contributed by atoms with Crippen molar-refractivity contribution in [3.05, 3.63) is 72.2 Å². The summed E-state index contributed by atoms with van der Waals surface area (Å²) in [7, 11) is 3.93. The summed E-state index contributed by atoms with van der Waals surface area (Å²) in [5, 5.41) is 11.6. The Kier molecular flexibility index (Phi) is 8.34. The van der Waals surface area contributed by atoms with Gasteiger partial charge in [0.1, 0.15) is 23.7 Å². The molecule has 1 aromatic carbocycles. The lowest BCUT2D eigenvalue weighted by molar-refractivity contribution is -0.117. The molecule has 5 rings (SSSR count). The molecule has 11 nitrogen and oxygen atoms in total. The molecule has 212 valence electrons. The molecule has 0 bridgehead atoms. The van der Waals surface area contributed by atoms with E-state index in [1.54, 1.807) is 24.4 Å². The highest BCUT2D eigenvalue weighted by atomic mass is 16.2. The van der Waals surface area contributed by atoms with E-state index in [0.29, 0.717) is 33.9 Å². The number of hydrogen-bond acceptors (Lipinski definition) is 8. The third-order valence-electron chi connectivity index (χ3n) is 7.22. The number of nitrogens with one attached hydrogen (secondary N) is 2. The summed E-state index contributed by atoms with van der Waals surface area (Å²) in [6.45, 7) is 2.67. The first kappa shape index (κ1) is 27.9. The van der Waals surface area contributed by atoms with Crippen molar-refractivity contribution in [2.75, 3.05) is 31.7 Å². The van der Waals surface area contributed by atoms with Gasteiger partial charge in [-0.05, 0) is 76.5 Å². The van der Waals surface area contributed by atoms with E-state index in [4.69, 9.17) is 10.8 Å². The van der Waals surface area contributed by atoms with Crippen LogP contribution in [0.5, 0.6) is 0 Å². The summed E-state index contributed by atoms with van der Waals surface area (Å²) in [6, 6.07) is 11.2. The van der Waals surface area contributed by atoms with Crippen LogP contribution in [-0.2, 0) is 4.79 Å². The number of nitrogens with two attached hydrogens (primary N) is 1. The number of hydrogen-bond donors (Lipinski definition) is 3. The van der Waals surface area contributed by atoms with Crippen LogP contribution in [0.4, 0.5) is 11.6 Å². The summed E-state index contributed by atoms with van der Waals surface area (Å²) in [4.78, 5) is 40.0. The molecule has 4 N–H and O–H groups in total. The number of rotatable bonds is 8. The van der Waals surface area contributed by atoms with E-state index in [1.165, 1.54) is 6.33 Å². The first-order chi connectivity index (χ1) is 19.8. The first-order valence-electron chi connectivity index (χ1n) is 13.7. The quantitative estimate of drug-likeness (QED) is 0.280. The number of nitrogen functional groups attached to an aromatic ring is 1. The normalized spacial score (nSPS) is 17.3. The second-order valence-electron chi connectivity index (χ2n) is 10.7. The molecule has 0 saturated heterocycles. The number of nitrogens with zero attached hydrogens (tertiary/aromatic N) is 6. The highest BCUT2D eigenvalue weighted by Gasteiger charge is 2.27. The van der Waals surface area contributed by atoms with Crippen LogP contribution in [0.1, 0.15) is 47.6 Å². The van der Waals surface area contributed by atoms with E-state index < -0.39 is 0 Å². The molecular weight excluding hydrogens is 518 g/mol. The number of aromatic nitrogens is 5. The number of amides is 2. The Balaban J connectivity index is 1.31. The summed E-state index contributed by atoms with van der Waals surface area (Å²) in [5.41, 5.74) is 9.99. The van der Waals surface area contributed by atoms with Gasteiger partial charge in [0.25, 0.3) is 5.91 Å². The van der Waals surface area contributed by atoms with E-state index in [9.17, 15) is 9.59 Å². The topological polar surface area (TPSA) is 144 Å². The van der Waals surface area contributed by atoms with Gasteiger partial charge >= 0.3 is 0 Å². The predicted molar refractivity (Wildman–Crippen MR) is 159 cm³/mol. The van der Waals surface area contributed by atoms with Gasteiger partial charge in [-0.2, -0.15) is 5.10 Å². The van der Waals surface area contributed by atoms with Gasteiger partial charge < -0.3 is 21.3 Å². The zero-order valence-corrected chi connectivity index (χ0v) is 23.5. The number of pyridine rings is 1. The Morgan fingerprint density at radius 1 is 1.07 bits per heavy atom. The van der Waals surface area contributed by atoms with Gasteiger partial charge in [0.15, 0.2) is 5.65 Å². The Morgan fingerprint density at radius 2 is 1.83 bits per heavy atom. The van der Waals surface area contributed by atoms with E-state index in [0.717, 1.165) is 43.4 Å². The van der Waals surface area contributed by atoms with Crippen LogP contribution in [0, 0.1) is 6.92 Å². The smallest absolute Gasteiger partial charge is 0.256 e. The molecule has 1 fully saturated rings. The van der Waals surface area contributed by atoms with E-state index in [-0.39, 0.29) is 23.9 Å². The molecule has 1 saturated carbocycles. The standard InChI is InChI=1S/C30H35N9O2/c1-19-14-15-32-24(17-19)36-30(41)21-8-6-20(7-9-21)27-26-28(31)33-18-34-29(26)39(37-27)23-12-10-22(11-13-23)35-25(40)5-4-16-38(2)3/h4-9,14-15,17-18,22-23H,10-13,16H2,1-3H3,(H,35,40)(H2,31,33,34)(H,32,36,41). The third-order valence-corrected chi connectivity index (χ3v) is 7.22. The van der Waals surface area contributed by atoms with Crippen molar-refractivity contribution in [3.8, 4) is 11.3 Å². The zero-order chi connectivity index (χ0) is 28.9. The average Bonchev–Trinajstić information content (AvgIpc) is 3.34. The Labute approximate surface area is 238 Å². The van der Waals surface area contributed by atoms with Gasteiger partial charge in [-0.15, -0.1) is 0 Å². The van der Waals surface area contributed by atoms with Crippen molar-refractivity contribution in [1.29, 1.82) is 0 Å². The summed E-state index contributed by atoms with van der Waals surface area (Å²) < 4.78 is 1.95. The number of aryl methyl sites for hydroxylation is 1. The number of fused-ring (bicyclic) bond motifs is 1. The predicted octanol–water partition coefficient (Wildman–Crippen LogP) is 3.75. The molecule has 0 radical (unpaired) electrons. The van der Waals surface area contributed by atoms with E-state index in [2.05, 4.69) is 25.6 Å². The van der Waals surface area contributed by atoms with Crippen molar-refractivity contribution in [2.24, 2.45) is 0 Å². The maximum Gasteiger partial charge on any atom is 0.256 e. The maximum absolute atomic E-state index is 12.8. The number of carbonyl (C=O) groups is 2. The van der Waals surface area contributed by atoms with Gasteiger partial charge in [-0.25, -0.2) is 19.6 Å². The van der Waals surface area contributed by atoms with Crippen LogP contribution in [0.15, 0.2) is 61.1 Å². The molecule has 1 aliphatic carbocycles. The van der Waals surface area contributed by atoms with Crippen LogP contribution in [0.2, 0.25) is 0 Å². The van der Waals surface area contributed by atoms with Crippen molar-refractivity contribution in [1.82, 2.24) is 34.9 Å². The Bertz CT molecular complexity index is 1570. The molecule has 2 amide bonds. The van der Waals surface area contributed by atoms with Crippen LogP contribution in [0.3, 0.4) is 0 Å². The number of benzene rings is 1. The van der Waals surface area contributed by atoms with Crippen molar-refractivity contribution in [2.45, 2.75) is 44.7 Å². The Morgan fingerprint density at radius 3 is 2.54 bits per heavy atom. The van der Waals surface area contributed by atoms with Gasteiger partial charge in [-0.1, -0.05) is 18.2 Å². The van der Waals surface area contributed by atoms with E-state index in [1.807, 2.05) is 60.9 Å². The van der Waals surface area contributed by atoms with Crippen molar-refractivity contribution < 1.29 is 9.59 Å². The van der Waals surface area contributed by atoms with Crippen LogP contribution >= 0.6 is 0 Å². The fourth-order valence-corrected chi connectivity index (χ4v) is 5.11. The van der Waals surface area contributed by atoms with Gasteiger partial charge in [0.05, 0.1) is 11.4 Å². The lowest BCUT2D eigenvalue weighted by atomic mass is 9.91. The second kappa shape index (κ2) is 12.3. The van der Waals surface area contributed by atoms with Crippen LogP contribution < -0.4 is 16.4 Å². The lowest BCUT2D eigenvalue weighted by Gasteiger charge is -2.29. The number of carbonyl (C=O) groups excluding carboxylic acids is 2. The minimum absolute atomic E-state index is 0.0603. The molecule has 1 aliphatic rings. The van der Waals surface area contributed by atoms with Gasteiger partial charge in [0, 0.05) is 36.0 Å². The molecule has 11 heteroatoms. The molecule has 3 aromatic heterocycles. The molecule has 0 spiro atoms. The van der Waals surface area contributed by atoms with Crippen molar-refractivity contribution in [3.63, 3.8) is 0 Å². The van der Waals surface area contributed by atoms with Crippen LogP contribution in [0.25, 0.3) is 22.3 Å². The highest BCUT2D eigenvalue weighted by molar-refractivity contribution is 6.04. The van der Waals surface area contributed by atoms with Crippen molar-refractivity contribution >= 4 is 34.5 Å². The molecule has 41 heavy (non-hydrogen) atoms. The Hall–Kier alpha value is -4.64. The minimum Gasteiger partial charge on any atom is -0.383 e. The molecule has 0 atom stereocenters. The lowest BCUT2D eigenvalue weighted by Crippen LogP contribution is -2.37. The maximum atomic E-state index is 12.8. The zero-order valence-electron chi connectivity index (χ0n) is 23.5. The average molecular weight is 554 g/mol. The molecule has 3 heterocycles. The summed E-state index contributed by atoms with van der Waals surface area (Å²) >= 11 is 0. The van der Waals surface area contributed by atoms with Crippen LogP contribution in [-0.4, -0.2) is 68.1 Å². The van der Waals surface area contributed by atoms with Gasteiger partial charge in [0.2, 0.25) is 5.91 Å².